The van der Waals surface area contributed by atoms with Crippen LogP contribution in [0.1, 0.15) is 0 Å². The fraction of sp³-hybridized carbons (Fsp3) is 0. The van der Waals surface area contributed by atoms with E-state index in [1.165, 1.54) is 16.3 Å². The molecule has 0 unspecified atom stereocenters. The number of pyridine rings is 1. The number of para-hydroxylation sites is 1. The minimum atomic E-state index is 0.813. The normalized spacial score (nSPS) is 11.2. The lowest BCUT2D eigenvalue weighted by molar-refractivity contribution is 1.21. The van der Waals surface area contributed by atoms with Crippen LogP contribution < -0.4 is 5.73 Å². The lowest BCUT2D eigenvalue weighted by atomic mass is 10.1. The average Bonchev–Trinajstić information content (AvgIpc) is 2.92. The molecule has 2 aromatic carbocycles. The highest BCUT2D eigenvalue weighted by Crippen LogP contribution is 2.30. The summed E-state index contributed by atoms with van der Waals surface area (Å²) in [7, 11) is 0. The molecule has 2 aromatic heterocycles. The van der Waals surface area contributed by atoms with Gasteiger partial charge in [0.25, 0.3) is 0 Å². The van der Waals surface area contributed by atoms with E-state index in [2.05, 4.69) is 59.3 Å². The summed E-state index contributed by atoms with van der Waals surface area (Å²) >= 11 is 0. The van der Waals surface area contributed by atoms with E-state index < -0.39 is 0 Å². The Morgan fingerprint density at radius 2 is 1.65 bits per heavy atom. The maximum atomic E-state index is 6.08. The van der Waals surface area contributed by atoms with E-state index in [4.69, 9.17) is 5.73 Å². The molecule has 4 aromatic rings. The van der Waals surface area contributed by atoms with Crippen LogP contribution in [-0.4, -0.2) is 4.40 Å². The standard InChI is InChI=1S/C18H14N2/c19-17-8-4-3-6-15(17)14-11-18-16-7-2-1-5-13(16)9-10-20(18)12-14/h1-12H,19H2. The van der Waals surface area contributed by atoms with E-state index in [1.54, 1.807) is 0 Å². The fourth-order valence-electron chi connectivity index (χ4n) is 2.76. The van der Waals surface area contributed by atoms with Gasteiger partial charge in [0.15, 0.2) is 0 Å². The van der Waals surface area contributed by atoms with Crippen molar-refractivity contribution in [1.29, 1.82) is 0 Å². The second kappa shape index (κ2) is 4.14. The molecule has 96 valence electrons. The van der Waals surface area contributed by atoms with Gasteiger partial charge < -0.3 is 10.1 Å². The van der Waals surface area contributed by atoms with Gasteiger partial charge in [0.1, 0.15) is 0 Å². The summed E-state index contributed by atoms with van der Waals surface area (Å²) in [5.41, 5.74) is 10.3. The third kappa shape index (κ3) is 1.58. The molecular formula is C18H14N2. The summed E-state index contributed by atoms with van der Waals surface area (Å²) < 4.78 is 2.16. The van der Waals surface area contributed by atoms with E-state index in [9.17, 15) is 0 Å². The van der Waals surface area contributed by atoms with Crippen LogP contribution in [0.25, 0.3) is 27.4 Å². The smallest absolute Gasteiger partial charge is 0.0534 e. The number of rotatable bonds is 1. The zero-order chi connectivity index (χ0) is 13.5. The fourth-order valence-corrected chi connectivity index (χ4v) is 2.76. The van der Waals surface area contributed by atoms with Crippen molar-refractivity contribution in [3.8, 4) is 11.1 Å². The van der Waals surface area contributed by atoms with Gasteiger partial charge in [0.2, 0.25) is 0 Å². The van der Waals surface area contributed by atoms with Crippen LogP contribution in [0.2, 0.25) is 0 Å². The van der Waals surface area contributed by atoms with Crippen molar-refractivity contribution in [3.05, 3.63) is 73.1 Å². The Bertz CT molecular complexity index is 919. The van der Waals surface area contributed by atoms with Crippen molar-refractivity contribution in [2.24, 2.45) is 0 Å². The third-order valence-electron chi connectivity index (χ3n) is 3.77. The van der Waals surface area contributed by atoms with E-state index in [0.29, 0.717) is 0 Å². The first-order valence-electron chi connectivity index (χ1n) is 6.67. The quantitative estimate of drug-likeness (QED) is 0.506. The number of aromatic nitrogens is 1. The molecule has 0 saturated heterocycles. The van der Waals surface area contributed by atoms with Gasteiger partial charge in [-0.2, -0.15) is 0 Å². The maximum absolute atomic E-state index is 6.08. The van der Waals surface area contributed by atoms with Crippen LogP contribution in [0.3, 0.4) is 0 Å². The monoisotopic (exact) mass is 258 g/mol. The summed E-state index contributed by atoms with van der Waals surface area (Å²) in [6, 6.07) is 20.8. The van der Waals surface area contributed by atoms with Gasteiger partial charge in [0, 0.05) is 34.6 Å². The molecule has 0 saturated carbocycles. The van der Waals surface area contributed by atoms with Gasteiger partial charge in [-0.25, -0.2) is 0 Å². The molecule has 2 heterocycles. The van der Waals surface area contributed by atoms with Crippen LogP contribution in [0.5, 0.6) is 0 Å². The van der Waals surface area contributed by atoms with E-state index in [0.717, 1.165) is 16.8 Å². The number of anilines is 1. The van der Waals surface area contributed by atoms with Crippen molar-refractivity contribution in [2.45, 2.75) is 0 Å². The molecule has 0 bridgehead atoms. The van der Waals surface area contributed by atoms with Gasteiger partial charge >= 0.3 is 0 Å². The highest BCUT2D eigenvalue weighted by molar-refractivity contribution is 5.98. The summed E-state index contributed by atoms with van der Waals surface area (Å²) in [5, 5.41) is 2.52. The second-order valence-corrected chi connectivity index (χ2v) is 5.01. The SMILES string of the molecule is Nc1ccccc1-c1cc2c3ccccc3ccn2c1. The molecule has 2 nitrogen and oxygen atoms in total. The van der Waals surface area contributed by atoms with Gasteiger partial charge in [0.05, 0.1) is 5.52 Å². The highest BCUT2D eigenvalue weighted by Gasteiger charge is 2.07. The van der Waals surface area contributed by atoms with E-state index in [-0.39, 0.29) is 0 Å². The zero-order valence-corrected chi connectivity index (χ0v) is 11.0. The molecular weight excluding hydrogens is 244 g/mol. The van der Waals surface area contributed by atoms with Crippen molar-refractivity contribution in [2.75, 3.05) is 5.73 Å². The van der Waals surface area contributed by atoms with E-state index >= 15 is 0 Å². The zero-order valence-electron chi connectivity index (χ0n) is 11.0. The first-order valence-corrected chi connectivity index (χ1v) is 6.67. The molecule has 0 aliphatic heterocycles. The minimum Gasteiger partial charge on any atom is -0.398 e. The summed E-state index contributed by atoms with van der Waals surface area (Å²) in [6.07, 6.45) is 4.23. The third-order valence-corrected chi connectivity index (χ3v) is 3.77. The summed E-state index contributed by atoms with van der Waals surface area (Å²) in [6.45, 7) is 0. The molecule has 2 N–H and O–H groups in total. The number of hydrogen-bond donors (Lipinski definition) is 1. The molecule has 0 amide bonds. The van der Waals surface area contributed by atoms with Crippen LogP contribution in [0.15, 0.2) is 73.1 Å². The predicted octanol–water partition coefficient (Wildman–Crippen LogP) is 4.34. The van der Waals surface area contributed by atoms with Crippen LogP contribution in [0.4, 0.5) is 5.69 Å². The maximum Gasteiger partial charge on any atom is 0.0534 e. The number of nitrogen functional groups attached to an aromatic ring is 1. The highest BCUT2D eigenvalue weighted by atomic mass is 14.9. The molecule has 2 heteroatoms. The van der Waals surface area contributed by atoms with Crippen molar-refractivity contribution in [3.63, 3.8) is 0 Å². The van der Waals surface area contributed by atoms with Gasteiger partial charge in [-0.1, -0.05) is 42.5 Å². The number of hydrogen-bond acceptors (Lipinski definition) is 1. The number of fused-ring (bicyclic) bond motifs is 3. The van der Waals surface area contributed by atoms with Gasteiger partial charge in [-0.3, -0.25) is 0 Å². The van der Waals surface area contributed by atoms with Crippen molar-refractivity contribution in [1.82, 2.24) is 4.40 Å². The lowest BCUT2D eigenvalue weighted by Gasteiger charge is -2.01. The Morgan fingerprint density at radius 1 is 0.850 bits per heavy atom. The van der Waals surface area contributed by atoms with Crippen LogP contribution in [-0.2, 0) is 0 Å². The molecule has 4 rings (SSSR count). The Labute approximate surface area is 117 Å². The lowest BCUT2D eigenvalue weighted by Crippen LogP contribution is -1.87. The Kier molecular flexibility index (Phi) is 2.30. The molecule has 20 heavy (non-hydrogen) atoms. The second-order valence-electron chi connectivity index (χ2n) is 5.01. The predicted molar refractivity (Wildman–Crippen MR) is 84.8 cm³/mol. The molecule has 0 atom stereocenters. The Balaban J connectivity index is 2.04. The summed E-state index contributed by atoms with van der Waals surface area (Å²) in [4.78, 5) is 0. The van der Waals surface area contributed by atoms with Crippen molar-refractivity contribution < 1.29 is 0 Å². The molecule has 0 aliphatic rings. The molecule has 0 aliphatic carbocycles. The van der Waals surface area contributed by atoms with Gasteiger partial charge in [-0.05, 0) is 23.6 Å². The molecule has 0 radical (unpaired) electrons. The number of benzene rings is 2. The average molecular weight is 258 g/mol. The first kappa shape index (κ1) is 11.1. The number of nitrogens with zero attached hydrogens (tertiary/aromatic N) is 1. The Hall–Kier alpha value is -2.74. The van der Waals surface area contributed by atoms with Crippen LogP contribution in [0, 0.1) is 0 Å². The Morgan fingerprint density at radius 3 is 2.55 bits per heavy atom. The van der Waals surface area contributed by atoms with Crippen LogP contribution >= 0.6 is 0 Å². The van der Waals surface area contributed by atoms with Gasteiger partial charge in [-0.15, -0.1) is 0 Å². The topological polar surface area (TPSA) is 30.4 Å². The number of nitrogens with two attached hydrogens (primary N) is 1. The van der Waals surface area contributed by atoms with E-state index in [1.807, 2.05) is 18.2 Å². The molecule has 0 spiro atoms. The van der Waals surface area contributed by atoms with Crippen molar-refractivity contribution >= 4 is 22.0 Å². The molecule has 0 fully saturated rings. The summed E-state index contributed by atoms with van der Waals surface area (Å²) in [5.74, 6) is 0. The first-order chi connectivity index (χ1) is 9.83. The largest absolute Gasteiger partial charge is 0.398 e. The minimum absolute atomic E-state index is 0.813.